The first-order valence-electron chi connectivity index (χ1n) is 10.1. The number of hydrogen-bond acceptors (Lipinski definition) is 4. The van der Waals surface area contributed by atoms with Crippen LogP contribution in [0, 0.1) is 12.8 Å². The Balaban J connectivity index is 1.87. The van der Waals surface area contributed by atoms with Crippen LogP contribution in [0.3, 0.4) is 0 Å². The summed E-state index contributed by atoms with van der Waals surface area (Å²) >= 11 is 5.65. The van der Waals surface area contributed by atoms with E-state index in [0.29, 0.717) is 43.1 Å². The highest BCUT2D eigenvalue weighted by atomic mass is 35.5. The maximum absolute atomic E-state index is 11.9. The summed E-state index contributed by atoms with van der Waals surface area (Å²) in [4.78, 5) is 16.5. The minimum atomic E-state index is -0.0473. The Hall–Kier alpha value is -2.86. The molecule has 2 aromatic carbocycles. The van der Waals surface area contributed by atoms with Crippen LogP contribution in [0.15, 0.2) is 48.5 Å². The molecule has 0 radical (unpaired) electrons. The van der Waals surface area contributed by atoms with Crippen LogP contribution in [0.1, 0.15) is 32.3 Å². The van der Waals surface area contributed by atoms with Gasteiger partial charge in [-0.25, -0.2) is 4.68 Å². The number of halogens is 1. The third-order valence-electron chi connectivity index (χ3n) is 4.38. The Morgan fingerprint density at radius 2 is 1.83 bits per heavy atom. The van der Waals surface area contributed by atoms with E-state index in [2.05, 4.69) is 29.2 Å². The molecular formula is C23H27ClN4O2. The maximum Gasteiger partial charge on any atom is 0.336 e. The number of rotatable bonds is 9. The SMILES string of the molecule is Cc1ccc(-c2nc(OCC(C)C)nn2-c2ccc(NC(=O)CCCCl)cc2)cc1. The van der Waals surface area contributed by atoms with Crippen molar-refractivity contribution in [2.45, 2.75) is 33.6 Å². The number of ether oxygens (including phenoxy) is 1. The summed E-state index contributed by atoms with van der Waals surface area (Å²) in [5, 5.41) is 7.44. The zero-order valence-corrected chi connectivity index (χ0v) is 18.3. The summed E-state index contributed by atoms with van der Waals surface area (Å²) in [5.74, 6) is 1.50. The van der Waals surface area contributed by atoms with Crippen molar-refractivity contribution in [2.75, 3.05) is 17.8 Å². The molecule has 0 saturated heterocycles. The predicted octanol–water partition coefficient (Wildman–Crippen LogP) is 5.24. The highest BCUT2D eigenvalue weighted by molar-refractivity contribution is 6.18. The molecule has 0 saturated carbocycles. The van der Waals surface area contributed by atoms with E-state index in [9.17, 15) is 4.79 Å². The maximum atomic E-state index is 11.9. The molecule has 0 aliphatic heterocycles. The monoisotopic (exact) mass is 426 g/mol. The molecule has 0 spiro atoms. The number of nitrogens with one attached hydrogen (secondary N) is 1. The molecule has 0 fully saturated rings. The van der Waals surface area contributed by atoms with Crippen molar-refractivity contribution >= 4 is 23.2 Å². The number of anilines is 1. The van der Waals surface area contributed by atoms with Crippen molar-refractivity contribution in [3.05, 3.63) is 54.1 Å². The Labute approximate surface area is 182 Å². The zero-order chi connectivity index (χ0) is 21.5. The van der Waals surface area contributed by atoms with Crippen LogP contribution < -0.4 is 10.1 Å². The van der Waals surface area contributed by atoms with Crippen molar-refractivity contribution in [3.8, 4) is 23.1 Å². The van der Waals surface area contributed by atoms with Gasteiger partial charge in [-0.15, -0.1) is 16.7 Å². The lowest BCUT2D eigenvalue weighted by atomic mass is 10.1. The van der Waals surface area contributed by atoms with Crippen LogP contribution in [-0.2, 0) is 4.79 Å². The Morgan fingerprint density at radius 1 is 1.13 bits per heavy atom. The number of benzene rings is 2. The number of hydrogen-bond donors (Lipinski definition) is 1. The minimum Gasteiger partial charge on any atom is -0.462 e. The van der Waals surface area contributed by atoms with Gasteiger partial charge in [-0.3, -0.25) is 4.79 Å². The van der Waals surface area contributed by atoms with Gasteiger partial charge in [0.05, 0.1) is 12.3 Å². The minimum absolute atomic E-state index is 0.0473. The van der Waals surface area contributed by atoms with Crippen LogP contribution in [0.4, 0.5) is 5.69 Å². The van der Waals surface area contributed by atoms with Crippen LogP contribution in [0.5, 0.6) is 6.01 Å². The molecule has 7 heteroatoms. The quantitative estimate of drug-likeness (QED) is 0.475. The normalized spacial score (nSPS) is 11.0. The molecule has 6 nitrogen and oxygen atoms in total. The fourth-order valence-electron chi connectivity index (χ4n) is 2.80. The van der Waals surface area contributed by atoms with Crippen LogP contribution in [0.25, 0.3) is 17.1 Å². The Kier molecular flexibility index (Phi) is 7.46. The molecule has 1 amide bonds. The molecule has 1 N–H and O–H groups in total. The number of carbonyl (C=O) groups excluding carboxylic acids is 1. The lowest BCUT2D eigenvalue weighted by Gasteiger charge is -2.08. The molecule has 0 aliphatic carbocycles. The molecule has 3 aromatic rings. The fraction of sp³-hybridized carbons (Fsp3) is 0.348. The number of alkyl halides is 1. The Morgan fingerprint density at radius 3 is 2.47 bits per heavy atom. The molecule has 0 unspecified atom stereocenters. The fourth-order valence-corrected chi connectivity index (χ4v) is 2.94. The van der Waals surface area contributed by atoms with E-state index in [-0.39, 0.29) is 5.91 Å². The molecule has 3 rings (SSSR count). The van der Waals surface area contributed by atoms with E-state index in [1.165, 1.54) is 5.56 Å². The summed E-state index contributed by atoms with van der Waals surface area (Å²) in [6.45, 7) is 6.76. The standard InChI is InChI=1S/C23H27ClN4O2/c1-16(2)15-30-23-26-22(18-8-6-17(3)7-9-18)28(27-23)20-12-10-19(11-13-20)25-21(29)5-4-14-24/h6-13,16H,4-5,14-15H2,1-3H3,(H,25,29). The number of amides is 1. The third-order valence-corrected chi connectivity index (χ3v) is 4.64. The molecule has 0 bridgehead atoms. The molecule has 30 heavy (non-hydrogen) atoms. The van der Waals surface area contributed by atoms with Gasteiger partial charge < -0.3 is 10.1 Å². The summed E-state index contributed by atoms with van der Waals surface area (Å²) in [5.41, 5.74) is 3.68. The smallest absolute Gasteiger partial charge is 0.336 e. The van der Waals surface area contributed by atoms with Crippen LogP contribution in [0.2, 0.25) is 0 Å². The second kappa shape index (κ2) is 10.3. The van der Waals surface area contributed by atoms with Gasteiger partial charge in [-0.1, -0.05) is 43.7 Å². The number of aryl methyl sites for hydroxylation is 1. The van der Waals surface area contributed by atoms with Gasteiger partial charge in [-0.05, 0) is 43.5 Å². The van der Waals surface area contributed by atoms with Crippen molar-refractivity contribution in [3.63, 3.8) is 0 Å². The van der Waals surface area contributed by atoms with E-state index in [1.54, 1.807) is 4.68 Å². The van der Waals surface area contributed by atoms with E-state index in [4.69, 9.17) is 16.3 Å². The number of carbonyl (C=O) groups is 1. The topological polar surface area (TPSA) is 69.0 Å². The predicted molar refractivity (Wildman–Crippen MR) is 120 cm³/mol. The van der Waals surface area contributed by atoms with Gasteiger partial charge in [0.1, 0.15) is 0 Å². The summed E-state index contributed by atoms with van der Waals surface area (Å²) in [7, 11) is 0. The van der Waals surface area contributed by atoms with Gasteiger partial charge in [0.15, 0.2) is 5.82 Å². The van der Waals surface area contributed by atoms with E-state index < -0.39 is 0 Å². The number of aromatic nitrogens is 3. The van der Waals surface area contributed by atoms with Crippen molar-refractivity contribution in [1.82, 2.24) is 14.8 Å². The number of nitrogens with zero attached hydrogens (tertiary/aromatic N) is 3. The van der Waals surface area contributed by atoms with E-state index in [0.717, 1.165) is 16.9 Å². The van der Waals surface area contributed by atoms with Gasteiger partial charge in [0.2, 0.25) is 5.91 Å². The van der Waals surface area contributed by atoms with Crippen molar-refractivity contribution in [2.24, 2.45) is 5.92 Å². The van der Waals surface area contributed by atoms with Gasteiger partial charge in [0.25, 0.3) is 0 Å². The summed E-state index contributed by atoms with van der Waals surface area (Å²) < 4.78 is 7.52. The van der Waals surface area contributed by atoms with Gasteiger partial charge in [0, 0.05) is 23.6 Å². The average molecular weight is 427 g/mol. The molecule has 0 aliphatic rings. The molecule has 1 aromatic heterocycles. The second-order valence-corrected chi connectivity index (χ2v) is 7.97. The lowest BCUT2D eigenvalue weighted by molar-refractivity contribution is -0.116. The third kappa shape index (κ3) is 5.83. The average Bonchev–Trinajstić information content (AvgIpc) is 3.16. The first-order chi connectivity index (χ1) is 14.5. The largest absolute Gasteiger partial charge is 0.462 e. The Bertz CT molecular complexity index is 966. The first-order valence-corrected chi connectivity index (χ1v) is 10.6. The second-order valence-electron chi connectivity index (χ2n) is 7.59. The highest BCUT2D eigenvalue weighted by Gasteiger charge is 2.15. The summed E-state index contributed by atoms with van der Waals surface area (Å²) in [6.07, 6.45) is 1.06. The van der Waals surface area contributed by atoms with E-state index in [1.807, 2.05) is 55.5 Å². The van der Waals surface area contributed by atoms with Crippen molar-refractivity contribution < 1.29 is 9.53 Å². The lowest BCUT2D eigenvalue weighted by Crippen LogP contribution is -2.11. The molecular weight excluding hydrogens is 400 g/mol. The molecule has 1 heterocycles. The highest BCUT2D eigenvalue weighted by Crippen LogP contribution is 2.25. The van der Waals surface area contributed by atoms with Crippen LogP contribution in [-0.4, -0.2) is 33.2 Å². The van der Waals surface area contributed by atoms with E-state index >= 15 is 0 Å². The first kappa shape index (κ1) is 21.8. The van der Waals surface area contributed by atoms with Gasteiger partial charge in [-0.2, -0.15) is 4.98 Å². The van der Waals surface area contributed by atoms with Crippen molar-refractivity contribution in [1.29, 1.82) is 0 Å². The van der Waals surface area contributed by atoms with Gasteiger partial charge >= 0.3 is 6.01 Å². The molecule has 158 valence electrons. The molecule has 0 atom stereocenters. The zero-order valence-electron chi connectivity index (χ0n) is 17.6. The summed E-state index contributed by atoms with van der Waals surface area (Å²) in [6, 6.07) is 16.0. The van der Waals surface area contributed by atoms with Crippen LogP contribution >= 0.6 is 11.6 Å².